The third-order valence-corrected chi connectivity index (χ3v) is 11.2. The van der Waals surface area contributed by atoms with Crippen LogP contribution in [0.5, 0.6) is 0 Å². The number of carbonyl (C=O) groups excluding carboxylic acids is 3. The van der Waals surface area contributed by atoms with E-state index in [0.29, 0.717) is 52.1 Å². The van der Waals surface area contributed by atoms with Gasteiger partial charge in [0.15, 0.2) is 0 Å². The lowest BCUT2D eigenvalue weighted by Gasteiger charge is -2.35. The third-order valence-electron chi connectivity index (χ3n) is 11.2. The number of aromatic nitrogens is 2. The maximum absolute atomic E-state index is 14.6. The molecule has 2 aliphatic heterocycles. The molecule has 0 saturated carbocycles. The number of carbonyl (C=O) groups is 3. The number of hydrazine groups is 1. The number of aliphatic hydroxyl groups is 1. The molecule has 0 spiro atoms. The van der Waals surface area contributed by atoms with Crippen LogP contribution in [0.15, 0.2) is 116 Å². The molecule has 308 valence electrons. The Morgan fingerprint density at radius 1 is 0.932 bits per heavy atom. The van der Waals surface area contributed by atoms with Crippen LogP contribution < -0.4 is 10.7 Å². The Hall–Kier alpha value is -5.89. The van der Waals surface area contributed by atoms with Crippen LogP contribution in [0, 0.1) is 5.92 Å². The second-order valence-electron chi connectivity index (χ2n) is 15.4. The van der Waals surface area contributed by atoms with Gasteiger partial charge in [-0.05, 0) is 53.3 Å². The fourth-order valence-corrected chi connectivity index (χ4v) is 7.80. The molecule has 0 aliphatic carbocycles. The second kappa shape index (κ2) is 19.7. The van der Waals surface area contributed by atoms with Crippen LogP contribution in [0.4, 0.5) is 9.59 Å². The van der Waals surface area contributed by atoms with Gasteiger partial charge in [0.05, 0.1) is 36.6 Å². The van der Waals surface area contributed by atoms with Crippen molar-refractivity contribution in [1.29, 1.82) is 0 Å². The predicted molar refractivity (Wildman–Crippen MR) is 225 cm³/mol. The van der Waals surface area contributed by atoms with Crippen molar-refractivity contribution < 1.29 is 29.0 Å². The van der Waals surface area contributed by atoms with E-state index >= 15 is 0 Å². The van der Waals surface area contributed by atoms with Crippen molar-refractivity contribution in [3.8, 4) is 11.3 Å². The molecule has 5 aromatic rings. The summed E-state index contributed by atoms with van der Waals surface area (Å²) in [4.78, 5) is 54.2. The van der Waals surface area contributed by atoms with Gasteiger partial charge in [0.25, 0.3) is 0 Å². The summed E-state index contributed by atoms with van der Waals surface area (Å²) >= 11 is 0. The van der Waals surface area contributed by atoms with Crippen molar-refractivity contribution in [1.82, 2.24) is 35.5 Å². The Bertz CT molecular complexity index is 2150. The van der Waals surface area contributed by atoms with Crippen molar-refractivity contribution in [2.45, 2.75) is 70.5 Å². The first-order valence-electron chi connectivity index (χ1n) is 20.5. The highest BCUT2D eigenvalue weighted by atomic mass is 16.6. The molecule has 13 heteroatoms. The molecule has 0 radical (unpaired) electrons. The van der Waals surface area contributed by atoms with Crippen LogP contribution in [0.1, 0.15) is 43.4 Å². The maximum Gasteiger partial charge on any atom is 0.422 e. The van der Waals surface area contributed by atoms with Crippen LogP contribution >= 0.6 is 0 Å². The van der Waals surface area contributed by atoms with Crippen LogP contribution in [-0.4, -0.2) is 105 Å². The smallest absolute Gasteiger partial charge is 0.422 e. The average molecular weight is 800 g/mol. The summed E-state index contributed by atoms with van der Waals surface area (Å²) in [7, 11) is 0. The minimum atomic E-state index is -1.15. The monoisotopic (exact) mass is 799 g/mol. The number of ether oxygens (including phenoxy) is 2. The predicted octanol–water partition coefficient (Wildman–Crippen LogP) is 5.97. The summed E-state index contributed by atoms with van der Waals surface area (Å²) in [5.41, 5.74) is 8.27. The molecule has 5 atom stereocenters. The van der Waals surface area contributed by atoms with Gasteiger partial charge >= 0.3 is 12.1 Å². The number of pyridine rings is 2. The summed E-state index contributed by atoms with van der Waals surface area (Å²) < 4.78 is 11.0. The minimum Gasteiger partial charge on any atom is -0.443 e. The minimum absolute atomic E-state index is 0.0413. The van der Waals surface area contributed by atoms with Gasteiger partial charge in [0, 0.05) is 62.5 Å². The lowest BCUT2D eigenvalue weighted by atomic mass is 9.95. The quantitative estimate of drug-likeness (QED) is 0.0968. The molecule has 0 unspecified atom stereocenters. The van der Waals surface area contributed by atoms with Gasteiger partial charge in [0.1, 0.15) is 12.1 Å². The zero-order chi connectivity index (χ0) is 41.1. The normalized spacial score (nSPS) is 17.5. The molecule has 2 saturated heterocycles. The fraction of sp³-hybridized carbons (Fsp3) is 0.370. The fourth-order valence-electron chi connectivity index (χ4n) is 7.80. The Labute approximate surface area is 345 Å². The van der Waals surface area contributed by atoms with Gasteiger partial charge in [-0.2, -0.15) is 0 Å². The molecule has 59 heavy (non-hydrogen) atoms. The number of urea groups is 1. The van der Waals surface area contributed by atoms with Gasteiger partial charge in [-0.1, -0.05) is 99.1 Å². The van der Waals surface area contributed by atoms with Crippen molar-refractivity contribution in [2.24, 2.45) is 5.92 Å². The first-order chi connectivity index (χ1) is 28.7. The van der Waals surface area contributed by atoms with Crippen LogP contribution in [0.3, 0.4) is 0 Å². The largest absolute Gasteiger partial charge is 0.443 e. The van der Waals surface area contributed by atoms with Crippen molar-refractivity contribution >= 4 is 28.9 Å². The zero-order valence-corrected chi connectivity index (χ0v) is 33.7. The van der Waals surface area contributed by atoms with Gasteiger partial charge in [-0.25, -0.2) is 14.6 Å². The number of nitrogens with one attached hydrogen (secondary N) is 2. The topological polar surface area (TPSA) is 149 Å². The van der Waals surface area contributed by atoms with Crippen molar-refractivity contribution in [2.75, 3.05) is 32.8 Å². The van der Waals surface area contributed by atoms with E-state index in [9.17, 15) is 19.5 Å². The zero-order valence-electron chi connectivity index (χ0n) is 33.7. The van der Waals surface area contributed by atoms with Gasteiger partial charge in [-0.3, -0.25) is 20.2 Å². The number of hydrogen-bond acceptors (Lipinski definition) is 9. The van der Waals surface area contributed by atoms with E-state index in [1.54, 1.807) is 27.2 Å². The van der Waals surface area contributed by atoms with Crippen LogP contribution in [-0.2, 0) is 33.8 Å². The summed E-state index contributed by atoms with van der Waals surface area (Å²) in [6.07, 6.45) is 2.91. The van der Waals surface area contributed by atoms with Gasteiger partial charge < -0.3 is 29.7 Å². The molecule has 13 nitrogen and oxygen atoms in total. The van der Waals surface area contributed by atoms with E-state index in [0.717, 1.165) is 38.9 Å². The first kappa shape index (κ1) is 41.3. The maximum atomic E-state index is 14.6. The highest BCUT2D eigenvalue weighted by Gasteiger charge is 2.41. The number of rotatable bonds is 17. The summed E-state index contributed by atoms with van der Waals surface area (Å²) in [5, 5.41) is 17.8. The van der Waals surface area contributed by atoms with E-state index in [1.807, 2.05) is 117 Å². The Balaban J connectivity index is 1.09. The number of fused-ring (bicyclic) bond motifs is 1. The number of benzene rings is 3. The van der Waals surface area contributed by atoms with E-state index in [2.05, 4.69) is 20.7 Å². The van der Waals surface area contributed by atoms with Gasteiger partial charge in [0.2, 0.25) is 5.91 Å². The molecule has 4 heterocycles. The van der Waals surface area contributed by atoms with Crippen LogP contribution in [0.25, 0.3) is 22.2 Å². The molecule has 0 bridgehead atoms. The lowest BCUT2D eigenvalue weighted by molar-refractivity contribution is -0.128. The van der Waals surface area contributed by atoms with E-state index in [4.69, 9.17) is 9.47 Å². The molecule has 4 amide bonds. The lowest BCUT2D eigenvalue weighted by Crippen LogP contribution is -2.58. The third kappa shape index (κ3) is 10.6. The number of aliphatic hydroxyl groups excluding tert-OH is 1. The molecule has 2 aromatic heterocycles. The highest BCUT2D eigenvalue weighted by molar-refractivity contribution is 5.89. The first-order valence-corrected chi connectivity index (χ1v) is 20.5. The molecular formula is C46H53N7O6. The molecule has 2 fully saturated rings. The van der Waals surface area contributed by atoms with E-state index in [-0.39, 0.29) is 37.0 Å². The number of hydrogen-bond donors (Lipinski definition) is 3. The molecular weight excluding hydrogens is 747 g/mol. The highest BCUT2D eigenvalue weighted by Crippen LogP contribution is 2.25. The molecule has 3 aromatic carbocycles. The Morgan fingerprint density at radius 3 is 2.46 bits per heavy atom. The molecule has 7 rings (SSSR count). The van der Waals surface area contributed by atoms with E-state index in [1.165, 1.54) is 0 Å². The van der Waals surface area contributed by atoms with Crippen LogP contribution in [0.2, 0.25) is 0 Å². The van der Waals surface area contributed by atoms with Gasteiger partial charge in [-0.15, -0.1) is 0 Å². The average Bonchev–Trinajstić information content (AvgIpc) is 3.90. The summed E-state index contributed by atoms with van der Waals surface area (Å²) in [6.45, 7) is 6.28. The number of nitrogens with zero attached hydrogens (tertiary/aromatic N) is 5. The second-order valence-corrected chi connectivity index (χ2v) is 15.4. The molecule has 2 aliphatic rings. The van der Waals surface area contributed by atoms with Crippen molar-refractivity contribution in [3.63, 3.8) is 0 Å². The summed E-state index contributed by atoms with van der Waals surface area (Å²) in [5.74, 6) is -0.508. The molecule has 3 N–H and O–H groups in total. The standard InChI is InChI=1S/C46H53N7O6/c1-3-32(2)43(53-25-24-51(46(53)57)29-36-20-23-48-40-15-8-7-13-38(36)40)44(55)49-41(27-33-11-5-4-6-12-33)42(54)30-52(50-45(56)59-37-21-26-58-31-37)28-34-16-18-35(19-17-34)39-14-9-10-22-47-39/h4-20,22-23,32,37,41-43,54H,3,21,24-31H2,1-2H3,(H,49,55)(H,50,56)/t32-,37-,41-,42-,43-/m0/s1. The summed E-state index contributed by atoms with van der Waals surface area (Å²) in [6, 6.07) is 31.3. The number of amides is 4. The Morgan fingerprint density at radius 2 is 1.71 bits per heavy atom. The number of para-hydroxylation sites is 1. The SMILES string of the molecule is CC[C@H](C)[C@@H](C(=O)N[C@@H](Cc1ccccc1)[C@@H](O)CN(Cc1ccc(-c2ccccn2)cc1)NC(=O)O[C@H]1CCOC1)N1CCN(Cc2ccnc3ccccc23)C1=O. The van der Waals surface area contributed by atoms with Crippen molar-refractivity contribution in [3.05, 3.63) is 132 Å². The van der Waals surface area contributed by atoms with E-state index < -0.39 is 24.3 Å². The Kier molecular flexibility index (Phi) is 13.8.